The van der Waals surface area contributed by atoms with Gasteiger partial charge in [0.15, 0.2) is 0 Å². The lowest BCUT2D eigenvalue weighted by atomic mass is 10.1. The summed E-state index contributed by atoms with van der Waals surface area (Å²) >= 11 is 3.44. The van der Waals surface area contributed by atoms with Crippen LogP contribution in [0, 0.1) is 5.92 Å². The van der Waals surface area contributed by atoms with Crippen molar-refractivity contribution in [2.24, 2.45) is 5.92 Å². The van der Waals surface area contributed by atoms with Gasteiger partial charge in [-0.15, -0.1) is 0 Å². The lowest BCUT2D eigenvalue weighted by Crippen LogP contribution is -2.34. The number of nitrogens with one attached hydrogen (secondary N) is 2. The first kappa shape index (κ1) is 14.1. The highest BCUT2D eigenvalue weighted by atomic mass is 79.9. The molecule has 0 unspecified atom stereocenters. The Kier molecular flexibility index (Phi) is 4.58. The summed E-state index contributed by atoms with van der Waals surface area (Å²) in [5, 5.41) is 5.50. The second-order valence-corrected chi connectivity index (χ2v) is 5.69. The first-order valence-electron chi connectivity index (χ1n) is 6.35. The molecule has 0 radical (unpaired) electrons. The summed E-state index contributed by atoms with van der Waals surface area (Å²) in [6.45, 7) is 2.43. The van der Waals surface area contributed by atoms with Crippen LogP contribution < -0.4 is 10.6 Å². The second kappa shape index (κ2) is 6.19. The lowest BCUT2D eigenvalue weighted by molar-refractivity contribution is -0.123. The van der Waals surface area contributed by atoms with E-state index < -0.39 is 0 Å². The molecule has 1 aromatic rings. The van der Waals surface area contributed by atoms with Crippen LogP contribution in [0.5, 0.6) is 0 Å². The summed E-state index contributed by atoms with van der Waals surface area (Å²) < 4.78 is 1.04. The molecule has 4 nitrogen and oxygen atoms in total. The molecule has 1 fully saturated rings. The van der Waals surface area contributed by atoms with Gasteiger partial charge < -0.3 is 10.6 Å². The predicted octanol–water partition coefficient (Wildman–Crippen LogP) is 1.80. The van der Waals surface area contributed by atoms with Crippen LogP contribution in [-0.4, -0.2) is 24.9 Å². The number of hydrogen-bond donors (Lipinski definition) is 2. The first-order valence-corrected chi connectivity index (χ1v) is 7.15. The fourth-order valence-electron chi connectivity index (χ4n) is 2.15. The van der Waals surface area contributed by atoms with Gasteiger partial charge in [0.05, 0.1) is 0 Å². The minimum atomic E-state index is -0.0762. The molecule has 5 heteroatoms. The van der Waals surface area contributed by atoms with Gasteiger partial charge in [0, 0.05) is 30.4 Å². The Labute approximate surface area is 121 Å². The molecule has 1 aliphatic rings. The second-order valence-electron chi connectivity index (χ2n) is 4.78. The number of carbonyl (C=O) groups excluding carboxylic acids is 2. The van der Waals surface area contributed by atoms with E-state index in [1.807, 2.05) is 12.1 Å². The van der Waals surface area contributed by atoms with E-state index in [9.17, 15) is 9.59 Å². The minimum absolute atomic E-state index is 0.0756. The SMILES string of the molecule is CC(=O)NCCNC(=O)[C@@H]1C[C@H]1c1cccc(Br)c1. The summed E-state index contributed by atoms with van der Waals surface area (Å²) in [6, 6.07) is 8.09. The number of carbonyl (C=O) groups is 2. The Bertz CT molecular complexity index is 490. The molecule has 2 atom stereocenters. The molecule has 102 valence electrons. The van der Waals surface area contributed by atoms with Gasteiger partial charge in [-0.3, -0.25) is 9.59 Å². The van der Waals surface area contributed by atoms with Crippen molar-refractivity contribution in [1.82, 2.24) is 10.6 Å². The van der Waals surface area contributed by atoms with Crippen LogP contribution in [0.2, 0.25) is 0 Å². The normalized spacial score (nSPS) is 20.7. The molecule has 0 heterocycles. The highest BCUT2D eigenvalue weighted by Crippen LogP contribution is 2.47. The largest absolute Gasteiger partial charge is 0.355 e. The van der Waals surface area contributed by atoms with E-state index in [-0.39, 0.29) is 17.7 Å². The van der Waals surface area contributed by atoms with Crippen LogP contribution in [0.3, 0.4) is 0 Å². The van der Waals surface area contributed by atoms with Crippen LogP contribution in [0.15, 0.2) is 28.7 Å². The molecular formula is C14H17BrN2O2. The van der Waals surface area contributed by atoms with Gasteiger partial charge in [0.2, 0.25) is 11.8 Å². The zero-order valence-electron chi connectivity index (χ0n) is 10.8. The smallest absolute Gasteiger partial charge is 0.223 e. The minimum Gasteiger partial charge on any atom is -0.355 e. The van der Waals surface area contributed by atoms with Crippen LogP contribution in [0.1, 0.15) is 24.8 Å². The molecule has 1 aromatic carbocycles. The number of hydrogen-bond acceptors (Lipinski definition) is 2. The van der Waals surface area contributed by atoms with E-state index in [1.165, 1.54) is 12.5 Å². The molecule has 1 aliphatic carbocycles. The van der Waals surface area contributed by atoms with Gasteiger partial charge in [0.25, 0.3) is 0 Å². The van der Waals surface area contributed by atoms with Crippen LogP contribution >= 0.6 is 15.9 Å². The molecule has 2 amide bonds. The zero-order valence-corrected chi connectivity index (χ0v) is 12.4. The van der Waals surface area contributed by atoms with E-state index in [1.54, 1.807) is 0 Å². The predicted molar refractivity (Wildman–Crippen MR) is 76.7 cm³/mol. The lowest BCUT2D eigenvalue weighted by Gasteiger charge is -2.05. The molecule has 0 aromatic heterocycles. The van der Waals surface area contributed by atoms with Gasteiger partial charge >= 0.3 is 0 Å². The fourth-order valence-corrected chi connectivity index (χ4v) is 2.56. The Morgan fingerprint density at radius 2 is 2.05 bits per heavy atom. The molecule has 0 spiro atoms. The van der Waals surface area contributed by atoms with Gasteiger partial charge in [0.1, 0.15) is 0 Å². The Morgan fingerprint density at radius 3 is 2.74 bits per heavy atom. The molecular weight excluding hydrogens is 308 g/mol. The van der Waals surface area contributed by atoms with Crippen molar-refractivity contribution in [3.05, 3.63) is 34.3 Å². The molecule has 1 saturated carbocycles. The third-order valence-corrected chi connectivity index (χ3v) is 3.70. The van der Waals surface area contributed by atoms with Crippen molar-refractivity contribution in [2.75, 3.05) is 13.1 Å². The monoisotopic (exact) mass is 324 g/mol. The Morgan fingerprint density at radius 1 is 1.32 bits per heavy atom. The Hall–Kier alpha value is -1.36. The van der Waals surface area contributed by atoms with E-state index in [0.717, 1.165) is 10.9 Å². The zero-order chi connectivity index (χ0) is 13.8. The number of halogens is 1. The summed E-state index contributed by atoms with van der Waals surface area (Å²) in [7, 11) is 0. The van der Waals surface area contributed by atoms with Crippen molar-refractivity contribution in [1.29, 1.82) is 0 Å². The average Bonchev–Trinajstić information content (AvgIpc) is 3.14. The molecule has 0 aliphatic heterocycles. The average molecular weight is 325 g/mol. The van der Waals surface area contributed by atoms with Crippen LogP contribution in [-0.2, 0) is 9.59 Å². The van der Waals surface area contributed by atoms with Gasteiger partial charge in [-0.1, -0.05) is 28.1 Å². The maximum Gasteiger partial charge on any atom is 0.223 e. The van der Waals surface area contributed by atoms with Gasteiger partial charge in [-0.25, -0.2) is 0 Å². The third kappa shape index (κ3) is 4.06. The third-order valence-electron chi connectivity index (χ3n) is 3.20. The molecule has 0 bridgehead atoms. The maximum atomic E-state index is 11.9. The highest BCUT2D eigenvalue weighted by molar-refractivity contribution is 9.10. The summed E-state index contributed by atoms with van der Waals surface area (Å²) in [4.78, 5) is 22.6. The fraction of sp³-hybridized carbons (Fsp3) is 0.429. The van der Waals surface area contributed by atoms with E-state index in [2.05, 4.69) is 38.7 Å². The van der Waals surface area contributed by atoms with E-state index in [4.69, 9.17) is 0 Å². The number of rotatable bonds is 5. The Balaban J connectivity index is 1.76. The van der Waals surface area contributed by atoms with Crippen LogP contribution in [0.25, 0.3) is 0 Å². The standard InChI is InChI=1S/C14H17BrN2O2/c1-9(18)16-5-6-17-14(19)13-8-12(13)10-3-2-4-11(15)7-10/h2-4,7,12-13H,5-6,8H2,1H3,(H,16,18)(H,17,19)/t12-,13+/m0/s1. The van der Waals surface area contributed by atoms with Crippen molar-refractivity contribution in [3.63, 3.8) is 0 Å². The van der Waals surface area contributed by atoms with Gasteiger partial charge in [-0.05, 0) is 30.0 Å². The first-order chi connectivity index (χ1) is 9.08. The van der Waals surface area contributed by atoms with Crippen molar-refractivity contribution >= 4 is 27.7 Å². The number of benzene rings is 1. The van der Waals surface area contributed by atoms with Crippen LogP contribution in [0.4, 0.5) is 0 Å². The van der Waals surface area contributed by atoms with Gasteiger partial charge in [-0.2, -0.15) is 0 Å². The van der Waals surface area contributed by atoms with E-state index >= 15 is 0 Å². The topological polar surface area (TPSA) is 58.2 Å². The molecule has 2 rings (SSSR count). The quantitative estimate of drug-likeness (QED) is 0.811. The number of amides is 2. The summed E-state index contributed by atoms with van der Waals surface area (Å²) in [6.07, 6.45) is 0.905. The highest BCUT2D eigenvalue weighted by Gasteiger charge is 2.43. The van der Waals surface area contributed by atoms with Crippen molar-refractivity contribution < 1.29 is 9.59 Å². The van der Waals surface area contributed by atoms with Crippen molar-refractivity contribution in [2.45, 2.75) is 19.3 Å². The summed E-state index contributed by atoms with van der Waals surface area (Å²) in [5.41, 5.74) is 1.20. The van der Waals surface area contributed by atoms with E-state index in [0.29, 0.717) is 19.0 Å². The maximum absolute atomic E-state index is 11.9. The molecule has 2 N–H and O–H groups in total. The van der Waals surface area contributed by atoms with Crippen molar-refractivity contribution in [3.8, 4) is 0 Å². The molecule has 19 heavy (non-hydrogen) atoms. The molecule has 0 saturated heterocycles. The summed E-state index contributed by atoms with van der Waals surface area (Å²) in [5.74, 6) is 0.410.